The van der Waals surface area contributed by atoms with Gasteiger partial charge in [0.05, 0.1) is 0 Å². The summed E-state index contributed by atoms with van der Waals surface area (Å²) in [5, 5.41) is 0. The van der Waals surface area contributed by atoms with Gasteiger partial charge in [-0.05, 0) is 5.56 Å². The van der Waals surface area contributed by atoms with Gasteiger partial charge in [-0.15, -0.1) is 9.24 Å². The predicted octanol–water partition coefficient (Wildman–Crippen LogP) is 1.57. The van der Waals surface area contributed by atoms with Crippen LogP contribution in [-0.2, 0) is 15.9 Å². The minimum atomic E-state index is -3.88. The zero-order valence-corrected chi connectivity index (χ0v) is 9.31. The van der Waals surface area contributed by atoms with E-state index in [4.69, 9.17) is 4.55 Å². The molecule has 1 N–H and O–H groups in total. The fourth-order valence-electron chi connectivity index (χ4n) is 0.785. The van der Waals surface area contributed by atoms with Gasteiger partial charge in [0.15, 0.2) is 0 Å². The fraction of sp³-hybridized carbons (Fsp3) is 0.250. The highest BCUT2D eigenvalue weighted by Gasteiger charge is 2.04. The van der Waals surface area contributed by atoms with Crippen LogP contribution in [-0.4, -0.2) is 19.6 Å². The van der Waals surface area contributed by atoms with Gasteiger partial charge in [0.25, 0.3) is 10.1 Å². The summed E-state index contributed by atoms with van der Waals surface area (Å²) in [6, 6.07) is 8.52. The smallest absolute Gasteiger partial charge is 0.269 e. The second-order valence-electron chi connectivity index (χ2n) is 2.21. The first-order valence-electron chi connectivity index (χ1n) is 3.65. The van der Waals surface area contributed by atoms with Crippen LogP contribution in [0.5, 0.6) is 0 Å². The molecule has 5 heteroatoms. The summed E-state index contributed by atoms with van der Waals surface area (Å²) in [5.41, 5.74) is 0.593. The van der Waals surface area contributed by atoms with Gasteiger partial charge in [0.1, 0.15) is 5.75 Å². The molecule has 13 heavy (non-hydrogen) atoms. The number of rotatable bonds is 2. The number of hydrogen-bond donors (Lipinski definition) is 1. The molecule has 0 aliphatic rings. The Labute approximate surface area is 81.1 Å². The van der Waals surface area contributed by atoms with Gasteiger partial charge in [0, 0.05) is 0 Å². The second-order valence-corrected chi connectivity index (χ2v) is 3.66. The Balaban J connectivity index is 0.000000671. The zero-order chi connectivity index (χ0) is 10.3. The average Bonchev–Trinajstić information content (AvgIpc) is 2.07. The summed E-state index contributed by atoms with van der Waals surface area (Å²) in [6.45, 7) is 1.92. The summed E-state index contributed by atoms with van der Waals surface area (Å²) in [7, 11) is -1.46. The first kappa shape index (κ1) is 12.6. The predicted molar refractivity (Wildman–Crippen MR) is 57.3 cm³/mol. The standard InChI is InChI=1S/C7H8O3S.CH5P/c8-11(9,10)6-7-4-2-1-3-5-7;1-2/h1-5H,6H2,(H,8,9,10);2H2,1H3. The molecule has 0 aromatic heterocycles. The molecule has 1 aromatic carbocycles. The first-order chi connectivity index (χ1) is 6.08. The molecule has 0 amide bonds. The topological polar surface area (TPSA) is 54.4 Å². The molecule has 3 nitrogen and oxygen atoms in total. The Kier molecular flexibility index (Phi) is 5.88. The van der Waals surface area contributed by atoms with Gasteiger partial charge in [0.2, 0.25) is 0 Å². The lowest BCUT2D eigenvalue weighted by Crippen LogP contribution is -2.00. The lowest BCUT2D eigenvalue weighted by molar-refractivity contribution is 0.482. The van der Waals surface area contributed by atoms with Crippen LogP contribution < -0.4 is 0 Å². The molecule has 0 saturated carbocycles. The zero-order valence-electron chi connectivity index (χ0n) is 7.34. The molecule has 0 aliphatic carbocycles. The summed E-state index contributed by atoms with van der Waals surface area (Å²) >= 11 is 0. The Morgan fingerprint density at radius 2 is 1.69 bits per heavy atom. The lowest BCUT2D eigenvalue weighted by atomic mass is 10.2. The van der Waals surface area contributed by atoms with Crippen molar-refractivity contribution in [2.75, 3.05) is 6.66 Å². The van der Waals surface area contributed by atoms with Crippen molar-refractivity contribution in [1.29, 1.82) is 0 Å². The van der Waals surface area contributed by atoms with E-state index in [-0.39, 0.29) is 5.75 Å². The number of benzene rings is 1. The third-order valence-corrected chi connectivity index (χ3v) is 1.89. The number of hydrogen-bond acceptors (Lipinski definition) is 2. The summed E-state index contributed by atoms with van der Waals surface area (Å²) in [5.74, 6) is -0.312. The van der Waals surface area contributed by atoms with E-state index in [0.29, 0.717) is 5.56 Å². The molecule has 1 unspecified atom stereocenters. The van der Waals surface area contributed by atoms with Crippen LogP contribution in [0.25, 0.3) is 0 Å². The molecular formula is C8H13O3PS. The van der Waals surface area contributed by atoms with Gasteiger partial charge >= 0.3 is 0 Å². The molecule has 0 heterocycles. The van der Waals surface area contributed by atoms with Crippen molar-refractivity contribution >= 4 is 19.4 Å². The van der Waals surface area contributed by atoms with E-state index in [1.807, 2.05) is 6.66 Å². The molecule has 0 aliphatic heterocycles. The van der Waals surface area contributed by atoms with E-state index in [1.165, 1.54) is 0 Å². The van der Waals surface area contributed by atoms with E-state index in [1.54, 1.807) is 30.3 Å². The molecule has 0 saturated heterocycles. The summed E-state index contributed by atoms with van der Waals surface area (Å²) in [4.78, 5) is 0. The van der Waals surface area contributed by atoms with E-state index in [2.05, 4.69) is 9.24 Å². The first-order valence-corrected chi connectivity index (χ1v) is 6.41. The normalized spacial score (nSPS) is 10.1. The minimum absolute atomic E-state index is 0.312. The maximum atomic E-state index is 10.4. The highest BCUT2D eigenvalue weighted by molar-refractivity contribution is 7.85. The fourth-order valence-corrected chi connectivity index (χ4v) is 1.40. The molecule has 1 rings (SSSR count). The van der Waals surface area contributed by atoms with Gasteiger partial charge in [-0.25, -0.2) is 0 Å². The van der Waals surface area contributed by atoms with Crippen molar-refractivity contribution in [1.82, 2.24) is 0 Å². The molecule has 0 fully saturated rings. The van der Waals surface area contributed by atoms with Crippen LogP contribution in [0.1, 0.15) is 5.56 Å². The Morgan fingerprint density at radius 1 is 1.23 bits per heavy atom. The van der Waals surface area contributed by atoms with Crippen LogP contribution in [0, 0.1) is 0 Å². The minimum Gasteiger partial charge on any atom is -0.285 e. The summed E-state index contributed by atoms with van der Waals surface area (Å²) < 4.78 is 29.2. The van der Waals surface area contributed by atoms with E-state index in [0.717, 1.165) is 0 Å². The van der Waals surface area contributed by atoms with Crippen molar-refractivity contribution < 1.29 is 13.0 Å². The van der Waals surface area contributed by atoms with Crippen LogP contribution in [0.2, 0.25) is 0 Å². The Bertz CT molecular complexity index is 321. The molecule has 0 radical (unpaired) electrons. The third-order valence-electron chi connectivity index (χ3n) is 1.19. The van der Waals surface area contributed by atoms with E-state index in [9.17, 15) is 8.42 Å². The van der Waals surface area contributed by atoms with Crippen LogP contribution >= 0.6 is 9.24 Å². The second kappa shape index (κ2) is 6.08. The van der Waals surface area contributed by atoms with Crippen molar-refractivity contribution in [2.24, 2.45) is 0 Å². The molecule has 0 spiro atoms. The van der Waals surface area contributed by atoms with Crippen LogP contribution in [0.3, 0.4) is 0 Å². The van der Waals surface area contributed by atoms with Crippen molar-refractivity contribution in [3.63, 3.8) is 0 Å². The third kappa shape index (κ3) is 6.70. The average molecular weight is 220 g/mol. The van der Waals surface area contributed by atoms with E-state index < -0.39 is 10.1 Å². The molecule has 1 atom stereocenters. The largest absolute Gasteiger partial charge is 0.285 e. The highest BCUT2D eigenvalue weighted by Crippen LogP contribution is 2.02. The quantitative estimate of drug-likeness (QED) is 0.608. The maximum Gasteiger partial charge on any atom is 0.269 e. The molecule has 1 aromatic rings. The van der Waals surface area contributed by atoms with E-state index >= 15 is 0 Å². The Morgan fingerprint density at radius 3 is 2.08 bits per heavy atom. The van der Waals surface area contributed by atoms with Crippen molar-refractivity contribution in [3.8, 4) is 0 Å². The molecule has 0 bridgehead atoms. The maximum absolute atomic E-state index is 10.4. The highest BCUT2D eigenvalue weighted by atomic mass is 32.2. The SMILES string of the molecule is CP.O=S(=O)(O)Cc1ccccc1. The molecular weight excluding hydrogens is 207 g/mol. The van der Waals surface area contributed by atoms with Crippen molar-refractivity contribution in [3.05, 3.63) is 35.9 Å². The van der Waals surface area contributed by atoms with Gasteiger partial charge in [-0.3, -0.25) is 4.55 Å². The summed E-state index contributed by atoms with van der Waals surface area (Å²) in [6.07, 6.45) is 0. The van der Waals surface area contributed by atoms with Gasteiger partial charge < -0.3 is 0 Å². The lowest BCUT2D eigenvalue weighted by Gasteiger charge is -1.95. The van der Waals surface area contributed by atoms with Crippen LogP contribution in [0.4, 0.5) is 0 Å². The van der Waals surface area contributed by atoms with Crippen LogP contribution in [0.15, 0.2) is 30.3 Å². The molecule has 74 valence electrons. The van der Waals surface area contributed by atoms with Gasteiger partial charge in [-0.2, -0.15) is 8.42 Å². The van der Waals surface area contributed by atoms with Gasteiger partial charge in [-0.1, -0.05) is 37.0 Å². The monoisotopic (exact) mass is 220 g/mol. The van der Waals surface area contributed by atoms with Crippen molar-refractivity contribution in [2.45, 2.75) is 5.75 Å². The Hall–Kier alpha value is -0.440.